The molecule has 9 heteroatoms. The number of halogens is 1. The van der Waals surface area contributed by atoms with Crippen molar-refractivity contribution in [3.63, 3.8) is 0 Å². The van der Waals surface area contributed by atoms with E-state index < -0.39 is 0 Å². The number of pyridine rings is 1. The van der Waals surface area contributed by atoms with Gasteiger partial charge in [-0.25, -0.2) is 4.39 Å². The number of carbonyl (C=O) groups excluding carboxylic acids is 3. The van der Waals surface area contributed by atoms with Crippen molar-refractivity contribution >= 4 is 17.6 Å². The predicted octanol–water partition coefficient (Wildman–Crippen LogP) is 4.50. The molecule has 2 fully saturated rings. The number of piperidine rings is 2. The molecule has 0 bridgehead atoms. The number of hydrogen-bond acceptors (Lipinski definition) is 6. The fraction of sp³-hybridized carbons (Fsp3) is 0.375. The molecular formula is C32H35FN4O4. The monoisotopic (exact) mass is 558 g/mol. The molecule has 2 aliphatic rings. The molecule has 0 spiro atoms. The van der Waals surface area contributed by atoms with Crippen LogP contribution in [0.3, 0.4) is 0 Å². The Morgan fingerprint density at radius 1 is 0.878 bits per heavy atom. The highest BCUT2D eigenvalue weighted by atomic mass is 19.1. The van der Waals surface area contributed by atoms with E-state index in [0.29, 0.717) is 48.5 Å². The summed E-state index contributed by atoms with van der Waals surface area (Å²) in [5.41, 5.74) is 2.46. The smallest absolute Gasteiger partial charge is 0.272 e. The molecule has 2 aromatic carbocycles. The summed E-state index contributed by atoms with van der Waals surface area (Å²) in [6.07, 6.45) is 4.52. The first-order valence-corrected chi connectivity index (χ1v) is 14.1. The summed E-state index contributed by atoms with van der Waals surface area (Å²) in [7, 11) is 0. The first-order chi connectivity index (χ1) is 19.8. The molecule has 0 saturated carbocycles. The van der Waals surface area contributed by atoms with E-state index in [4.69, 9.17) is 4.74 Å². The Balaban J connectivity index is 1.05. The normalized spacial score (nSPS) is 16.8. The average molecular weight is 559 g/mol. The summed E-state index contributed by atoms with van der Waals surface area (Å²) >= 11 is 0. The van der Waals surface area contributed by atoms with Gasteiger partial charge in [-0.3, -0.25) is 24.3 Å². The number of ketones is 1. The molecule has 214 valence electrons. The van der Waals surface area contributed by atoms with E-state index in [1.54, 1.807) is 53.4 Å². The minimum Gasteiger partial charge on any atom is -0.490 e. The third-order valence-corrected chi connectivity index (χ3v) is 7.78. The third-order valence-electron chi connectivity index (χ3n) is 7.78. The zero-order chi connectivity index (χ0) is 28.8. The number of ether oxygens (including phenoxy) is 1. The Labute approximate surface area is 239 Å². The summed E-state index contributed by atoms with van der Waals surface area (Å²) in [5.74, 6) is 0.147. The number of rotatable bonds is 8. The number of aromatic nitrogens is 1. The van der Waals surface area contributed by atoms with Gasteiger partial charge in [0, 0.05) is 63.4 Å². The number of nitrogens with one attached hydrogen (secondary N) is 1. The van der Waals surface area contributed by atoms with Crippen molar-refractivity contribution in [1.82, 2.24) is 20.1 Å². The van der Waals surface area contributed by atoms with E-state index in [2.05, 4.69) is 15.2 Å². The molecule has 0 unspecified atom stereocenters. The Kier molecular flexibility index (Phi) is 9.04. The molecule has 5 rings (SSSR count). The average Bonchev–Trinajstić information content (AvgIpc) is 3.00. The highest BCUT2D eigenvalue weighted by molar-refractivity contribution is 5.96. The molecule has 3 heterocycles. The molecule has 0 radical (unpaired) electrons. The third kappa shape index (κ3) is 7.55. The van der Waals surface area contributed by atoms with Crippen molar-refractivity contribution in [2.24, 2.45) is 0 Å². The van der Waals surface area contributed by atoms with E-state index in [1.807, 2.05) is 0 Å². The first-order valence-electron chi connectivity index (χ1n) is 14.1. The Bertz CT molecular complexity index is 1350. The largest absolute Gasteiger partial charge is 0.490 e. The van der Waals surface area contributed by atoms with Crippen LogP contribution in [0, 0.1) is 5.82 Å². The maximum atomic E-state index is 13.1. The molecule has 2 aliphatic heterocycles. The van der Waals surface area contributed by atoms with Crippen molar-refractivity contribution in [3.05, 3.63) is 95.1 Å². The maximum Gasteiger partial charge on any atom is 0.272 e. The van der Waals surface area contributed by atoms with Gasteiger partial charge in [0.2, 0.25) is 0 Å². The van der Waals surface area contributed by atoms with E-state index in [-0.39, 0.29) is 35.6 Å². The lowest BCUT2D eigenvalue weighted by Crippen LogP contribution is -2.44. The molecule has 41 heavy (non-hydrogen) atoms. The summed E-state index contributed by atoms with van der Waals surface area (Å²) in [4.78, 5) is 45.6. The van der Waals surface area contributed by atoms with E-state index in [1.165, 1.54) is 25.3 Å². The second kappa shape index (κ2) is 13.0. The Hall–Kier alpha value is -4.11. The molecule has 0 aliphatic carbocycles. The minimum absolute atomic E-state index is 0.00367. The van der Waals surface area contributed by atoms with Gasteiger partial charge in [-0.1, -0.05) is 12.1 Å². The molecule has 2 saturated heterocycles. The SMILES string of the molecule is CC(=O)c1ccc(OC2CCN(C(=O)c3ccc(C(=O)NC4CCN(Cc5ccc(F)cc5)CC4)cn3)CC2)cc1. The van der Waals surface area contributed by atoms with Crippen molar-refractivity contribution < 1.29 is 23.5 Å². The fourth-order valence-electron chi connectivity index (χ4n) is 5.31. The molecule has 3 aromatic rings. The summed E-state index contributed by atoms with van der Waals surface area (Å²) in [5, 5.41) is 3.09. The summed E-state index contributed by atoms with van der Waals surface area (Å²) < 4.78 is 19.2. The molecule has 0 atom stereocenters. The fourth-order valence-corrected chi connectivity index (χ4v) is 5.31. The van der Waals surface area contributed by atoms with Gasteiger partial charge in [-0.15, -0.1) is 0 Å². The highest BCUT2D eigenvalue weighted by Crippen LogP contribution is 2.21. The van der Waals surface area contributed by atoms with Crippen LogP contribution in [-0.4, -0.2) is 70.7 Å². The second-order valence-corrected chi connectivity index (χ2v) is 10.8. The van der Waals surface area contributed by atoms with Crippen molar-refractivity contribution in [3.8, 4) is 5.75 Å². The quantitative estimate of drug-likeness (QED) is 0.410. The number of Topliss-reactive ketones (excluding diaryl/α,β-unsaturated/α-hetero) is 1. The molecular weight excluding hydrogens is 523 g/mol. The van der Waals surface area contributed by atoms with E-state index in [0.717, 1.165) is 38.0 Å². The van der Waals surface area contributed by atoms with Crippen LogP contribution in [0.4, 0.5) is 4.39 Å². The standard InChI is InChI=1S/C32H35FN4O4/c1-22(38)24-4-9-28(10-5-24)41-29-14-18-37(19-15-29)32(40)30-11-6-25(20-34-30)31(39)35-27-12-16-36(17-13-27)21-23-2-7-26(33)8-3-23/h2-11,20,27,29H,12-19,21H2,1H3,(H,35,39). The molecule has 8 nitrogen and oxygen atoms in total. The number of likely N-dealkylation sites (tertiary alicyclic amines) is 2. The lowest BCUT2D eigenvalue weighted by atomic mass is 10.0. The van der Waals surface area contributed by atoms with Gasteiger partial charge in [0.15, 0.2) is 5.78 Å². The van der Waals surface area contributed by atoms with Gasteiger partial charge in [-0.05, 0) is 73.9 Å². The van der Waals surface area contributed by atoms with Gasteiger partial charge in [0.1, 0.15) is 23.4 Å². The molecule has 1 N–H and O–H groups in total. The zero-order valence-corrected chi connectivity index (χ0v) is 23.2. The number of hydrogen-bond donors (Lipinski definition) is 1. The van der Waals surface area contributed by atoms with Crippen LogP contribution in [0.1, 0.15) is 69.4 Å². The zero-order valence-electron chi connectivity index (χ0n) is 23.2. The summed E-state index contributed by atoms with van der Waals surface area (Å²) in [6.45, 7) is 5.10. The van der Waals surface area contributed by atoms with Crippen LogP contribution in [0.15, 0.2) is 66.9 Å². The van der Waals surface area contributed by atoms with Crippen molar-refractivity contribution in [1.29, 1.82) is 0 Å². The minimum atomic E-state index is -0.233. The van der Waals surface area contributed by atoms with Crippen molar-refractivity contribution in [2.45, 2.75) is 51.3 Å². The van der Waals surface area contributed by atoms with Gasteiger partial charge in [-0.2, -0.15) is 0 Å². The number of nitrogens with zero attached hydrogens (tertiary/aromatic N) is 3. The van der Waals surface area contributed by atoms with Gasteiger partial charge >= 0.3 is 0 Å². The predicted molar refractivity (Wildman–Crippen MR) is 152 cm³/mol. The van der Waals surface area contributed by atoms with Crippen LogP contribution in [0.25, 0.3) is 0 Å². The van der Waals surface area contributed by atoms with Crippen LogP contribution >= 0.6 is 0 Å². The Morgan fingerprint density at radius 2 is 1.54 bits per heavy atom. The van der Waals surface area contributed by atoms with Gasteiger partial charge < -0.3 is 15.0 Å². The van der Waals surface area contributed by atoms with E-state index in [9.17, 15) is 18.8 Å². The van der Waals surface area contributed by atoms with Crippen LogP contribution in [-0.2, 0) is 6.54 Å². The highest BCUT2D eigenvalue weighted by Gasteiger charge is 2.26. The first kappa shape index (κ1) is 28.4. The maximum absolute atomic E-state index is 13.1. The topological polar surface area (TPSA) is 91.8 Å². The van der Waals surface area contributed by atoms with E-state index >= 15 is 0 Å². The van der Waals surface area contributed by atoms with Crippen LogP contribution < -0.4 is 10.1 Å². The van der Waals surface area contributed by atoms with Gasteiger partial charge in [0.05, 0.1) is 5.56 Å². The van der Waals surface area contributed by atoms with Crippen molar-refractivity contribution in [2.75, 3.05) is 26.2 Å². The lowest BCUT2D eigenvalue weighted by Gasteiger charge is -2.32. The second-order valence-electron chi connectivity index (χ2n) is 10.8. The summed E-state index contributed by atoms with van der Waals surface area (Å²) in [6, 6.07) is 17.0. The van der Waals surface area contributed by atoms with Gasteiger partial charge in [0.25, 0.3) is 11.8 Å². The lowest BCUT2D eigenvalue weighted by molar-refractivity contribution is 0.0589. The Morgan fingerprint density at radius 3 is 2.15 bits per heavy atom. The van der Waals surface area contributed by atoms with Crippen LogP contribution in [0.2, 0.25) is 0 Å². The molecule has 1 aromatic heterocycles. The van der Waals surface area contributed by atoms with Crippen LogP contribution in [0.5, 0.6) is 5.75 Å². The number of amides is 2. The number of benzene rings is 2. The number of carbonyl (C=O) groups is 3. The molecule has 2 amide bonds.